The third-order valence-corrected chi connectivity index (χ3v) is 3.87. The van der Waals surface area contributed by atoms with Gasteiger partial charge in [-0.05, 0) is 63.4 Å². The van der Waals surface area contributed by atoms with Crippen molar-refractivity contribution in [2.75, 3.05) is 11.9 Å². The second kappa shape index (κ2) is 6.91. The van der Waals surface area contributed by atoms with Crippen molar-refractivity contribution in [1.82, 2.24) is 5.32 Å². The van der Waals surface area contributed by atoms with Gasteiger partial charge in [0.1, 0.15) is 0 Å². The summed E-state index contributed by atoms with van der Waals surface area (Å²) in [5.41, 5.74) is 6.67. The van der Waals surface area contributed by atoms with E-state index in [4.69, 9.17) is 5.73 Å². The van der Waals surface area contributed by atoms with Gasteiger partial charge in [0.05, 0.1) is 5.54 Å². The smallest absolute Gasteiger partial charge is 0.248 e. The number of rotatable bonds is 3. The number of benzene rings is 1. The van der Waals surface area contributed by atoms with Crippen LogP contribution in [0.4, 0.5) is 5.69 Å². The van der Waals surface area contributed by atoms with Gasteiger partial charge in [-0.2, -0.15) is 0 Å². The van der Waals surface area contributed by atoms with E-state index < -0.39 is 11.4 Å². The maximum atomic E-state index is 12.4. The highest BCUT2D eigenvalue weighted by Gasteiger charge is 2.34. The molecule has 5 nitrogen and oxygen atoms in total. The zero-order valence-corrected chi connectivity index (χ0v) is 13.2. The molecule has 1 aliphatic heterocycles. The molecular formula is C15H22ClN3O2. The molecule has 0 radical (unpaired) electrons. The van der Waals surface area contributed by atoms with Crippen LogP contribution in [0.1, 0.15) is 42.1 Å². The number of piperidine rings is 1. The van der Waals surface area contributed by atoms with Gasteiger partial charge < -0.3 is 16.4 Å². The number of halogens is 1. The van der Waals surface area contributed by atoms with Crippen LogP contribution in [0.2, 0.25) is 0 Å². The molecule has 0 spiro atoms. The van der Waals surface area contributed by atoms with Crippen molar-refractivity contribution in [3.63, 3.8) is 0 Å². The number of aryl methyl sites for hydroxylation is 1. The summed E-state index contributed by atoms with van der Waals surface area (Å²) < 4.78 is 0. The highest BCUT2D eigenvalue weighted by molar-refractivity contribution is 5.99. The van der Waals surface area contributed by atoms with Crippen LogP contribution in [0.5, 0.6) is 0 Å². The Morgan fingerprint density at radius 3 is 2.57 bits per heavy atom. The third-order valence-electron chi connectivity index (χ3n) is 3.87. The molecule has 2 rings (SSSR count). The molecule has 1 heterocycles. The second-order valence-corrected chi connectivity index (χ2v) is 5.56. The molecule has 1 unspecified atom stereocenters. The first-order chi connectivity index (χ1) is 9.42. The van der Waals surface area contributed by atoms with Gasteiger partial charge in [0.25, 0.3) is 0 Å². The summed E-state index contributed by atoms with van der Waals surface area (Å²) in [6.45, 7) is 4.59. The summed E-state index contributed by atoms with van der Waals surface area (Å²) in [5, 5.41) is 6.18. The lowest BCUT2D eigenvalue weighted by atomic mass is 9.90. The van der Waals surface area contributed by atoms with Gasteiger partial charge in [0.15, 0.2) is 0 Å². The molecule has 0 bridgehead atoms. The number of nitrogens with two attached hydrogens (primary N) is 1. The molecule has 0 aromatic heterocycles. The normalized spacial score (nSPS) is 21.2. The Kier molecular flexibility index (Phi) is 5.75. The number of primary amides is 1. The highest BCUT2D eigenvalue weighted by Crippen LogP contribution is 2.22. The van der Waals surface area contributed by atoms with E-state index in [-0.39, 0.29) is 18.3 Å². The van der Waals surface area contributed by atoms with E-state index in [0.717, 1.165) is 31.4 Å². The molecule has 1 aromatic carbocycles. The Morgan fingerprint density at radius 2 is 2.05 bits per heavy atom. The second-order valence-electron chi connectivity index (χ2n) is 5.56. The summed E-state index contributed by atoms with van der Waals surface area (Å²) in [4.78, 5) is 23.5. The predicted molar refractivity (Wildman–Crippen MR) is 85.8 cm³/mol. The van der Waals surface area contributed by atoms with E-state index in [1.54, 1.807) is 25.1 Å². The molecule has 0 aliphatic carbocycles. The van der Waals surface area contributed by atoms with Crippen molar-refractivity contribution in [3.05, 3.63) is 29.3 Å². The molecule has 1 fully saturated rings. The highest BCUT2D eigenvalue weighted by atomic mass is 35.5. The Bertz CT molecular complexity index is 540. The van der Waals surface area contributed by atoms with Crippen molar-refractivity contribution >= 4 is 29.9 Å². The monoisotopic (exact) mass is 311 g/mol. The van der Waals surface area contributed by atoms with Crippen LogP contribution in [0.25, 0.3) is 0 Å². The number of hydrogen-bond donors (Lipinski definition) is 3. The molecule has 1 aromatic rings. The number of hydrogen-bond acceptors (Lipinski definition) is 3. The van der Waals surface area contributed by atoms with E-state index in [2.05, 4.69) is 10.6 Å². The van der Waals surface area contributed by atoms with E-state index in [0.29, 0.717) is 11.3 Å². The molecule has 21 heavy (non-hydrogen) atoms. The summed E-state index contributed by atoms with van der Waals surface area (Å²) in [7, 11) is 0. The summed E-state index contributed by atoms with van der Waals surface area (Å²) in [6.07, 6.45) is 2.99. The first-order valence-electron chi connectivity index (χ1n) is 6.89. The van der Waals surface area contributed by atoms with Gasteiger partial charge in [-0.25, -0.2) is 0 Å². The number of anilines is 1. The van der Waals surface area contributed by atoms with Crippen LogP contribution in [0, 0.1) is 6.92 Å². The van der Waals surface area contributed by atoms with Crippen molar-refractivity contribution in [1.29, 1.82) is 0 Å². The van der Waals surface area contributed by atoms with E-state index in [1.807, 2.05) is 6.92 Å². The summed E-state index contributed by atoms with van der Waals surface area (Å²) in [6, 6.07) is 5.12. The first kappa shape index (κ1) is 17.5. The van der Waals surface area contributed by atoms with E-state index >= 15 is 0 Å². The zero-order valence-electron chi connectivity index (χ0n) is 12.4. The van der Waals surface area contributed by atoms with Crippen LogP contribution >= 0.6 is 12.4 Å². The van der Waals surface area contributed by atoms with Crippen LogP contribution in [-0.4, -0.2) is 23.9 Å². The standard InChI is InChI=1S/C15H21N3O2.ClH/c1-10-9-11(5-6-12(10)13(16)19)18-14(20)15(2)7-3-4-8-17-15;/h5-6,9,17H,3-4,7-8H2,1-2H3,(H2,16,19)(H,18,20);1H. The minimum Gasteiger partial charge on any atom is -0.366 e. The van der Waals surface area contributed by atoms with E-state index in [1.165, 1.54) is 0 Å². The number of carbonyl (C=O) groups excluding carboxylic acids is 2. The Morgan fingerprint density at radius 1 is 1.33 bits per heavy atom. The van der Waals surface area contributed by atoms with Gasteiger partial charge in [0, 0.05) is 11.3 Å². The lowest BCUT2D eigenvalue weighted by Crippen LogP contribution is -2.54. The minimum atomic E-state index is -0.519. The minimum absolute atomic E-state index is 0. The molecular weight excluding hydrogens is 290 g/mol. The van der Waals surface area contributed by atoms with Gasteiger partial charge in [0.2, 0.25) is 11.8 Å². The fraction of sp³-hybridized carbons (Fsp3) is 0.467. The van der Waals surface area contributed by atoms with Gasteiger partial charge >= 0.3 is 0 Å². The summed E-state index contributed by atoms with van der Waals surface area (Å²) >= 11 is 0. The molecule has 6 heteroatoms. The fourth-order valence-corrected chi connectivity index (χ4v) is 2.54. The Balaban J connectivity index is 0.00000220. The molecule has 2 amide bonds. The maximum absolute atomic E-state index is 12.4. The number of carbonyl (C=O) groups is 2. The average Bonchev–Trinajstić information content (AvgIpc) is 2.39. The average molecular weight is 312 g/mol. The van der Waals surface area contributed by atoms with Crippen molar-refractivity contribution in [2.24, 2.45) is 5.73 Å². The predicted octanol–water partition coefficient (Wildman–Crippen LogP) is 1.99. The SMILES string of the molecule is Cc1cc(NC(=O)C2(C)CCCCN2)ccc1C(N)=O.Cl. The molecule has 1 saturated heterocycles. The first-order valence-corrected chi connectivity index (χ1v) is 6.89. The molecule has 1 atom stereocenters. The zero-order chi connectivity index (χ0) is 14.8. The largest absolute Gasteiger partial charge is 0.366 e. The van der Waals surface area contributed by atoms with Crippen LogP contribution in [0.3, 0.4) is 0 Å². The Labute approximate surface area is 131 Å². The van der Waals surface area contributed by atoms with E-state index in [9.17, 15) is 9.59 Å². The molecule has 4 N–H and O–H groups in total. The van der Waals surface area contributed by atoms with Crippen LogP contribution in [0.15, 0.2) is 18.2 Å². The van der Waals surface area contributed by atoms with Gasteiger partial charge in [-0.15, -0.1) is 12.4 Å². The van der Waals surface area contributed by atoms with Crippen molar-refractivity contribution in [3.8, 4) is 0 Å². The topological polar surface area (TPSA) is 84.2 Å². The maximum Gasteiger partial charge on any atom is 0.248 e. The van der Waals surface area contributed by atoms with Crippen molar-refractivity contribution < 1.29 is 9.59 Å². The third kappa shape index (κ3) is 3.95. The quantitative estimate of drug-likeness (QED) is 0.798. The Hall–Kier alpha value is -1.59. The molecule has 1 aliphatic rings. The number of amides is 2. The van der Waals surface area contributed by atoms with Crippen molar-refractivity contribution in [2.45, 2.75) is 38.6 Å². The van der Waals surface area contributed by atoms with Gasteiger partial charge in [-0.3, -0.25) is 9.59 Å². The molecule has 0 saturated carbocycles. The van der Waals surface area contributed by atoms with Crippen LogP contribution < -0.4 is 16.4 Å². The van der Waals surface area contributed by atoms with Crippen LogP contribution in [-0.2, 0) is 4.79 Å². The number of nitrogens with one attached hydrogen (secondary N) is 2. The molecule has 116 valence electrons. The fourth-order valence-electron chi connectivity index (χ4n) is 2.54. The summed E-state index contributed by atoms with van der Waals surface area (Å²) in [5.74, 6) is -0.496. The lowest BCUT2D eigenvalue weighted by molar-refractivity contribution is -0.122. The lowest BCUT2D eigenvalue weighted by Gasteiger charge is -2.33. The van der Waals surface area contributed by atoms with Gasteiger partial charge in [-0.1, -0.05) is 0 Å².